The first kappa shape index (κ1) is 20.5. The number of fused-ring (bicyclic) bond motifs is 1. The summed E-state index contributed by atoms with van der Waals surface area (Å²) in [6, 6.07) is 6.23. The van der Waals surface area contributed by atoms with Crippen molar-refractivity contribution in [3.8, 4) is 17.0 Å². The fourth-order valence-electron chi connectivity index (χ4n) is 3.58. The minimum Gasteiger partial charge on any atom is -0.496 e. The zero-order valence-electron chi connectivity index (χ0n) is 17.3. The highest BCUT2D eigenvalue weighted by Gasteiger charge is 2.28. The molecule has 0 radical (unpaired) electrons. The van der Waals surface area contributed by atoms with Crippen molar-refractivity contribution in [3.63, 3.8) is 0 Å². The Morgan fingerprint density at radius 1 is 1.39 bits per heavy atom. The number of ether oxygens (including phenoxy) is 1. The summed E-state index contributed by atoms with van der Waals surface area (Å²) in [5.41, 5.74) is 3.46. The highest BCUT2D eigenvalue weighted by Crippen LogP contribution is 2.38. The van der Waals surface area contributed by atoms with Gasteiger partial charge in [-0.25, -0.2) is 4.39 Å². The zero-order chi connectivity index (χ0) is 22.1. The number of halogens is 1. The Morgan fingerprint density at radius 2 is 2.19 bits per heavy atom. The molecule has 9 heteroatoms. The lowest BCUT2D eigenvalue weighted by atomic mass is 10.0. The van der Waals surface area contributed by atoms with Crippen LogP contribution in [0.25, 0.3) is 16.8 Å². The van der Waals surface area contributed by atoms with Gasteiger partial charge < -0.3 is 20.5 Å². The highest BCUT2D eigenvalue weighted by molar-refractivity contribution is 6.32. The summed E-state index contributed by atoms with van der Waals surface area (Å²) in [7, 11) is 1.47. The molecule has 1 unspecified atom stereocenters. The Morgan fingerprint density at radius 3 is 2.94 bits per heavy atom. The molecule has 2 aromatic heterocycles. The first-order valence-corrected chi connectivity index (χ1v) is 9.70. The molecule has 1 amide bonds. The molecule has 160 valence electrons. The fraction of sp³-hybridized carbons (Fsp3) is 0.227. The van der Waals surface area contributed by atoms with Gasteiger partial charge in [0.25, 0.3) is 5.91 Å². The van der Waals surface area contributed by atoms with Crippen LogP contribution in [0.1, 0.15) is 19.4 Å². The number of carbonyl (C=O) groups is 1. The molecule has 3 N–H and O–H groups in total. The standard InChI is InChI=1S/C22H22FN5O3/c1-12(29)10-28-11-14(8-25-28)26-13(2)20-15-7-17(24-9-18(15)27-22(20)30)21-16(23)5-4-6-19(21)31-3/h4-9,11-12,26,29H,10H2,1-3H3,(H,27,30). The maximum absolute atomic E-state index is 14.5. The number of rotatable bonds is 6. The lowest BCUT2D eigenvalue weighted by Gasteiger charge is -2.11. The molecular formula is C22H22FN5O3. The van der Waals surface area contributed by atoms with E-state index < -0.39 is 11.9 Å². The smallest absolute Gasteiger partial charge is 0.258 e. The molecule has 1 aliphatic rings. The number of aliphatic hydroxyl groups is 1. The van der Waals surface area contributed by atoms with E-state index in [1.54, 1.807) is 49.1 Å². The van der Waals surface area contributed by atoms with E-state index >= 15 is 0 Å². The molecule has 1 aromatic carbocycles. The van der Waals surface area contributed by atoms with Crippen LogP contribution >= 0.6 is 0 Å². The second-order valence-corrected chi connectivity index (χ2v) is 7.31. The third-order valence-corrected chi connectivity index (χ3v) is 4.89. The third-order valence-electron chi connectivity index (χ3n) is 4.89. The third kappa shape index (κ3) is 3.99. The van der Waals surface area contributed by atoms with Crippen molar-refractivity contribution in [1.29, 1.82) is 0 Å². The number of hydrogen-bond acceptors (Lipinski definition) is 6. The Balaban J connectivity index is 1.72. The summed E-state index contributed by atoms with van der Waals surface area (Å²) in [4.78, 5) is 17.0. The largest absolute Gasteiger partial charge is 0.496 e. The number of hydrogen-bond donors (Lipinski definition) is 3. The van der Waals surface area contributed by atoms with E-state index in [-0.39, 0.29) is 11.5 Å². The van der Waals surface area contributed by atoms with Crippen molar-refractivity contribution in [2.75, 3.05) is 17.7 Å². The Bertz CT molecular complexity index is 1190. The van der Waals surface area contributed by atoms with Crippen molar-refractivity contribution in [2.24, 2.45) is 0 Å². The van der Waals surface area contributed by atoms with E-state index in [9.17, 15) is 14.3 Å². The first-order valence-electron chi connectivity index (χ1n) is 9.70. The number of pyridine rings is 1. The Labute approximate surface area is 178 Å². The van der Waals surface area contributed by atoms with Crippen LogP contribution in [0.3, 0.4) is 0 Å². The molecule has 0 bridgehead atoms. The molecule has 31 heavy (non-hydrogen) atoms. The van der Waals surface area contributed by atoms with Gasteiger partial charge in [-0.3, -0.25) is 14.5 Å². The van der Waals surface area contributed by atoms with Crippen LogP contribution in [0.2, 0.25) is 0 Å². The van der Waals surface area contributed by atoms with Gasteiger partial charge in [-0.2, -0.15) is 5.10 Å². The van der Waals surface area contributed by atoms with Gasteiger partial charge in [0.1, 0.15) is 11.6 Å². The first-order chi connectivity index (χ1) is 14.9. The van der Waals surface area contributed by atoms with E-state index in [4.69, 9.17) is 4.74 Å². The molecular weight excluding hydrogens is 401 g/mol. The van der Waals surface area contributed by atoms with Gasteiger partial charge in [0.15, 0.2) is 0 Å². The maximum atomic E-state index is 14.5. The minimum absolute atomic E-state index is 0.233. The average molecular weight is 423 g/mol. The van der Waals surface area contributed by atoms with Crippen molar-refractivity contribution < 1.29 is 19.0 Å². The number of nitrogens with zero attached hydrogens (tertiary/aromatic N) is 3. The Kier molecular flexibility index (Phi) is 5.43. The van der Waals surface area contributed by atoms with Crippen LogP contribution in [-0.2, 0) is 11.3 Å². The number of nitrogens with one attached hydrogen (secondary N) is 2. The van der Waals surface area contributed by atoms with Gasteiger partial charge in [0, 0.05) is 17.5 Å². The van der Waals surface area contributed by atoms with Crippen molar-refractivity contribution >= 4 is 22.9 Å². The van der Waals surface area contributed by atoms with E-state index in [1.165, 1.54) is 19.4 Å². The zero-order valence-corrected chi connectivity index (χ0v) is 17.3. The summed E-state index contributed by atoms with van der Waals surface area (Å²) in [5.74, 6) is -0.388. The highest BCUT2D eigenvalue weighted by atomic mass is 19.1. The van der Waals surface area contributed by atoms with E-state index in [2.05, 4.69) is 20.7 Å². The van der Waals surface area contributed by atoms with Crippen LogP contribution in [0.4, 0.5) is 15.8 Å². The van der Waals surface area contributed by atoms with Gasteiger partial charge in [-0.15, -0.1) is 0 Å². The number of aromatic nitrogens is 3. The summed E-state index contributed by atoms with van der Waals surface area (Å²) in [5, 5.41) is 19.7. The summed E-state index contributed by atoms with van der Waals surface area (Å²) in [6.45, 7) is 3.82. The summed E-state index contributed by atoms with van der Waals surface area (Å²) >= 11 is 0. The van der Waals surface area contributed by atoms with Gasteiger partial charge in [-0.05, 0) is 32.0 Å². The van der Waals surface area contributed by atoms with Crippen molar-refractivity contribution in [3.05, 3.63) is 59.9 Å². The van der Waals surface area contributed by atoms with Crippen LogP contribution in [-0.4, -0.2) is 39.0 Å². The predicted octanol–water partition coefficient (Wildman–Crippen LogP) is 3.27. The quantitative estimate of drug-likeness (QED) is 0.526. The molecule has 1 atom stereocenters. The van der Waals surface area contributed by atoms with Crippen LogP contribution in [0.5, 0.6) is 5.75 Å². The van der Waals surface area contributed by atoms with E-state index in [0.29, 0.717) is 46.2 Å². The number of aliphatic hydroxyl groups excluding tert-OH is 1. The molecule has 1 aliphatic heterocycles. The van der Waals surface area contributed by atoms with Gasteiger partial charge in [0.05, 0.1) is 60.4 Å². The number of amides is 1. The Hall–Kier alpha value is -3.72. The maximum Gasteiger partial charge on any atom is 0.258 e. The molecule has 0 spiro atoms. The lowest BCUT2D eigenvalue weighted by molar-refractivity contribution is -0.110. The summed E-state index contributed by atoms with van der Waals surface area (Å²) < 4.78 is 21.4. The SMILES string of the molecule is COc1cccc(F)c1-c1cc2c(cn1)NC(=O)C2=C(C)Nc1cnn(CC(C)O)c1. The topological polar surface area (TPSA) is 101 Å². The van der Waals surface area contributed by atoms with Gasteiger partial charge in [-0.1, -0.05) is 6.07 Å². The van der Waals surface area contributed by atoms with Gasteiger partial charge in [0.2, 0.25) is 0 Å². The normalized spacial score (nSPS) is 15.3. The second-order valence-electron chi connectivity index (χ2n) is 7.31. The number of carbonyl (C=O) groups excluding carboxylic acids is 1. The lowest BCUT2D eigenvalue weighted by Crippen LogP contribution is -2.11. The fourth-order valence-corrected chi connectivity index (χ4v) is 3.58. The molecule has 0 saturated carbocycles. The van der Waals surface area contributed by atoms with Crippen LogP contribution in [0.15, 0.2) is 48.6 Å². The molecule has 8 nitrogen and oxygen atoms in total. The van der Waals surface area contributed by atoms with Gasteiger partial charge >= 0.3 is 0 Å². The predicted molar refractivity (Wildman–Crippen MR) is 115 cm³/mol. The number of methoxy groups -OCH3 is 1. The minimum atomic E-state index is -0.527. The monoisotopic (exact) mass is 423 g/mol. The summed E-state index contributed by atoms with van der Waals surface area (Å²) in [6.07, 6.45) is 4.34. The van der Waals surface area contributed by atoms with Crippen LogP contribution < -0.4 is 15.4 Å². The molecule has 3 aromatic rings. The second kappa shape index (κ2) is 8.19. The molecule has 4 rings (SSSR count). The van der Waals surface area contributed by atoms with Crippen molar-refractivity contribution in [2.45, 2.75) is 26.5 Å². The number of anilines is 2. The molecule has 0 fully saturated rings. The molecule has 3 heterocycles. The number of allylic oxidation sites excluding steroid dienone is 1. The molecule has 0 saturated heterocycles. The number of benzene rings is 1. The van der Waals surface area contributed by atoms with E-state index in [1.807, 2.05) is 0 Å². The van der Waals surface area contributed by atoms with Crippen LogP contribution in [0, 0.1) is 5.82 Å². The van der Waals surface area contributed by atoms with Crippen molar-refractivity contribution in [1.82, 2.24) is 14.8 Å². The molecule has 0 aliphatic carbocycles. The van der Waals surface area contributed by atoms with E-state index in [0.717, 1.165) is 0 Å². The average Bonchev–Trinajstić information content (AvgIpc) is 3.29.